The molecule has 2 aromatic rings. The van der Waals surface area contributed by atoms with Crippen LogP contribution in [-0.2, 0) is 16.1 Å². The summed E-state index contributed by atoms with van der Waals surface area (Å²) in [6, 6.07) is 10.8. The third-order valence-electron chi connectivity index (χ3n) is 5.34. The van der Waals surface area contributed by atoms with Gasteiger partial charge in [0.15, 0.2) is 0 Å². The maximum atomic E-state index is 13.3. The molecule has 1 aromatic heterocycles. The molecular weight excluding hydrogens is 374 g/mol. The Balaban J connectivity index is 1.74. The molecule has 1 aromatic carbocycles. The van der Waals surface area contributed by atoms with Gasteiger partial charge in [0.05, 0.1) is 12.1 Å². The molecule has 3 heterocycles. The predicted molar refractivity (Wildman–Crippen MR) is 108 cm³/mol. The lowest BCUT2D eigenvalue weighted by atomic mass is 9.98. The average molecular weight is 396 g/mol. The zero-order chi connectivity index (χ0) is 19.7. The molecule has 1 fully saturated rings. The number of pyridine rings is 1. The number of nitrogens with zero attached hydrogens (tertiary/aromatic N) is 3. The van der Waals surface area contributed by atoms with Crippen molar-refractivity contribution in [3.05, 3.63) is 70.6 Å². The largest absolute Gasteiger partial charge is 0.366 e. The van der Waals surface area contributed by atoms with Crippen LogP contribution in [-0.4, -0.2) is 39.7 Å². The zero-order valence-corrected chi connectivity index (χ0v) is 16.5. The maximum absolute atomic E-state index is 13.3. The number of carbonyl (C=O) groups excluding carboxylic acids is 2. The Kier molecular flexibility index (Phi) is 5.18. The van der Waals surface area contributed by atoms with Crippen LogP contribution in [0.2, 0.25) is 5.02 Å². The van der Waals surface area contributed by atoms with E-state index in [1.54, 1.807) is 24.5 Å². The number of carbonyl (C=O) groups is 2. The summed E-state index contributed by atoms with van der Waals surface area (Å²) < 4.78 is 0. The van der Waals surface area contributed by atoms with Gasteiger partial charge in [-0.05, 0) is 54.2 Å². The van der Waals surface area contributed by atoms with Gasteiger partial charge in [0.25, 0.3) is 11.8 Å². The normalized spacial score (nSPS) is 20.3. The summed E-state index contributed by atoms with van der Waals surface area (Å²) in [6.45, 7) is 4.00. The molecule has 0 saturated carbocycles. The Hall–Kier alpha value is -2.66. The number of halogens is 1. The van der Waals surface area contributed by atoms with Crippen LogP contribution >= 0.6 is 11.6 Å². The quantitative estimate of drug-likeness (QED) is 0.740. The highest BCUT2D eigenvalue weighted by molar-refractivity contribution is 6.35. The van der Waals surface area contributed by atoms with Gasteiger partial charge < -0.3 is 4.90 Å². The first kappa shape index (κ1) is 18.7. The van der Waals surface area contributed by atoms with Crippen molar-refractivity contribution in [1.29, 1.82) is 0 Å². The van der Waals surface area contributed by atoms with Crippen molar-refractivity contribution in [2.45, 2.75) is 26.3 Å². The average Bonchev–Trinajstić information content (AvgIpc) is 2.94. The standard InChI is InChI=1S/C22H22ClN3O2/c1-15-3-2-12-25(13-15)20-19(17-4-6-18(23)7-5-17)21(27)26(22(20)28)14-16-8-10-24-11-9-16/h4-11,15H,2-3,12-14H2,1H3. The van der Waals surface area contributed by atoms with E-state index in [1.807, 2.05) is 24.3 Å². The first-order valence-corrected chi connectivity index (χ1v) is 9.92. The molecule has 144 valence electrons. The topological polar surface area (TPSA) is 53.5 Å². The van der Waals surface area contributed by atoms with Crippen molar-refractivity contribution in [2.75, 3.05) is 13.1 Å². The number of amides is 2. The van der Waals surface area contributed by atoms with Gasteiger partial charge in [-0.2, -0.15) is 0 Å². The highest BCUT2D eigenvalue weighted by Gasteiger charge is 2.42. The predicted octanol–water partition coefficient (Wildman–Crippen LogP) is 3.75. The van der Waals surface area contributed by atoms with Crippen molar-refractivity contribution in [2.24, 2.45) is 5.92 Å². The van der Waals surface area contributed by atoms with E-state index in [0.29, 0.717) is 22.2 Å². The molecule has 28 heavy (non-hydrogen) atoms. The summed E-state index contributed by atoms with van der Waals surface area (Å²) in [5, 5.41) is 0.600. The van der Waals surface area contributed by atoms with Crippen LogP contribution < -0.4 is 0 Å². The number of aromatic nitrogens is 1. The molecule has 5 nitrogen and oxygen atoms in total. The second-order valence-corrected chi connectivity index (χ2v) is 7.91. The highest BCUT2D eigenvalue weighted by atomic mass is 35.5. The Morgan fingerprint density at radius 3 is 2.46 bits per heavy atom. The van der Waals surface area contributed by atoms with E-state index >= 15 is 0 Å². The van der Waals surface area contributed by atoms with Gasteiger partial charge in [0.1, 0.15) is 5.70 Å². The van der Waals surface area contributed by atoms with Gasteiger partial charge in [-0.3, -0.25) is 19.5 Å². The maximum Gasteiger partial charge on any atom is 0.278 e. The van der Waals surface area contributed by atoms with Crippen molar-refractivity contribution in [3.63, 3.8) is 0 Å². The third kappa shape index (κ3) is 3.54. The smallest absolute Gasteiger partial charge is 0.278 e. The fourth-order valence-corrected chi connectivity index (χ4v) is 4.07. The second-order valence-electron chi connectivity index (χ2n) is 7.48. The van der Waals surface area contributed by atoms with Crippen molar-refractivity contribution < 1.29 is 9.59 Å². The van der Waals surface area contributed by atoms with E-state index in [4.69, 9.17) is 11.6 Å². The fourth-order valence-electron chi connectivity index (χ4n) is 3.94. The molecule has 1 saturated heterocycles. The Morgan fingerprint density at radius 2 is 1.79 bits per heavy atom. The first-order chi connectivity index (χ1) is 13.5. The minimum absolute atomic E-state index is 0.221. The van der Waals surface area contributed by atoms with Gasteiger partial charge in [0, 0.05) is 30.5 Å². The minimum Gasteiger partial charge on any atom is -0.366 e. The van der Waals surface area contributed by atoms with Crippen LogP contribution in [0.3, 0.4) is 0 Å². The van der Waals surface area contributed by atoms with E-state index in [2.05, 4.69) is 16.8 Å². The summed E-state index contributed by atoms with van der Waals surface area (Å²) in [6.07, 6.45) is 5.50. The van der Waals surface area contributed by atoms with Crippen LogP contribution in [0.15, 0.2) is 54.5 Å². The fraction of sp³-hybridized carbons (Fsp3) is 0.318. The van der Waals surface area contributed by atoms with Crippen LogP contribution in [0, 0.1) is 5.92 Å². The van der Waals surface area contributed by atoms with E-state index in [-0.39, 0.29) is 18.4 Å². The Bertz CT molecular complexity index is 925. The summed E-state index contributed by atoms with van der Waals surface area (Å²) in [5.74, 6) is 0.0168. The summed E-state index contributed by atoms with van der Waals surface area (Å²) in [7, 11) is 0. The number of likely N-dealkylation sites (tertiary alicyclic amines) is 1. The number of hydrogen-bond acceptors (Lipinski definition) is 4. The molecule has 0 bridgehead atoms. The summed E-state index contributed by atoms with van der Waals surface area (Å²) in [4.78, 5) is 34.1. The molecule has 4 rings (SSSR count). The molecule has 0 N–H and O–H groups in total. The molecule has 0 spiro atoms. The molecule has 2 aliphatic heterocycles. The number of imide groups is 1. The van der Waals surface area contributed by atoms with Gasteiger partial charge in [-0.25, -0.2) is 0 Å². The molecule has 1 unspecified atom stereocenters. The first-order valence-electron chi connectivity index (χ1n) is 9.55. The highest BCUT2D eigenvalue weighted by Crippen LogP contribution is 2.35. The Labute approximate surface area is 169 Å². The number of benzene rings is 1. The van der Waals surface area contributed by atoms with Crippen LogP contribution in [0.25, 0.3) is 5.57 Å². The van der Waals surface area contributed by atoms with Crippen LogP contribution in [0.1, 0.15) is 30.9 Å². The zero-order valence-electron chi connectivity index (χ0n) is 15.8. The number of hydrogen-bond donors (Lipinski definition) is 0. The lowest BCUT2D eigenvalue weighted by Gasteiger charge is -2.33. The molecule has 0 radical (unpaired) electrons. The Morgan fingerprint density at radius 1 is 1.07 bits per heavy atom. The lowest BCUT2D eigenvalue weighted by Crippen LogP contribution is -2.39. The third-order valence-corrected chi connectivity index (χ3v) is 5.59. The minimum atomic E-state index is -0.252. The van der Waals surface area contributed by atoms with Crippen molar-refractivity contribution >= 4 is 29.0 Å². The van der Waals surface area contributed by atoms with E-state index in [1.165, 1.54) is 4.90 Å². The van der Waals surface area contributed by atoms with Crippen molar-refractivity contribution in [1.82, 2.24) is 14.8 Å². The molecular formula is C22H22ClN3O2. The van der Waals surface area contributed by atoms with E-state index in [0.717, 1.165) is 37.1 Å². The molecule has 1 atom stereocenters. The van der Waals surface area contributed by atoms with E-state index < -0.39 is 0 Å². The van der Waals surface area contributed by atoms with Gasteiger partial charge in [-0.1, -0.05) is 30.7 Å². The monoisotopic (exact) mass is 395 g/mol. The van der Waals surface area contributed by atoms with Gasteiger partial charge in [0.2, 0.25) is 0 Å². The second kappa shape index (κ2) is 7.76. The summed E-state index contributed by atoms with van der Waals surface area (Å²) >= 11 is 6.03. The number of piperidine rings is 1. The number of rotatable bonds is 4. The molecule has 2 aliphatic rings. The lowest BCUT2D eigenvalue weighted by molar-refractivity contribution is -0.138. The summed E-state index contributed by atoms with van der Waals surface area (Å²) in [5.41, 5.74) is 2.60. The van der Waals surface area contributed by atoms with Crippen LogP contribution in [0.4, 0.5) is 0 Å². The SMILES string of the molecule is CC1CCCN(C2=C(c3ccc(Cl)cc3)C(=O)N(Cc3ccncc3)C2=O)C1. The van der Waals surface area contributed by atoms with Crippen molar-refractivity contribution in [3.8, 4) is 0 Å². The molecule has 6 heteroatoms. The van der Waals surface area contributed by atoms with Gasteiger partial charge >= 0.3 is 0 Å². The molecule has 0 aliphatic carbocycles. The molecule has 2 amide bonds. The van der Waals surface area contributed by atoms with Gasteiger partial charge in [-0.15, -0.1) is 0 Å². The van der Waals surface area contributed by atoms with E-state index in [9.17, 15) is 9.59 Å². The van der Waals surface area contributed by atoms with Crippen LogP contribution in [0.5, 0.6) is 0 Å².